The Morgan fingerprint density at radius 2 is 1.90 bits per heavy atom. The van der Waals surface area contributed by atoms with Crippen LogP contribution in [-0.4, -0.2) is 0 Å². The first-order valence-corrected chi connectivity index (χ1v) is 3.87. The van der Waals surface area contributed by atoms with Gasteiger partial charge in [-0.2, -0.15) is 0 Å². The van der Waals surface area contributed by atoms with Crippen LogP contribution in [0.3, 0.4) is 0 Å². The van der Waals surface area contributed by atoms with Crippen molar-refractivity contribution in [2.24, 2.45) is 0 Å². The number of hydrogen-bond acceptors (Lipinski definition) is 0. The lowest BCUT2D eigenvalue weighted by atomic mass is 10.3. The van der Waals surface area contributed by atoms with Gasteiger partial charge in [-0.1, -0.05) is 11.6 Å². The van der Waals surface area contributed by atoms with Gasteiger partial charge in [0, 0.05) is 3.57 Å². The molecule has 54 valence electrons. The fourth-order valence-electron chi connectivity index (χ4n) is 0.525. The summed E-state index contributed by atoms with van der Waals surface area (Å²) in [5, 5.41) is -0.176. The van der Waals surface area contributed by atoms with Crippen LogP contribution in [0.1, 0.15) is 0 Å². The Morgan fingerprint density at radius 1 is 1.30 bits per heavy atom. The highest BCUT2D eigenvalue weighted by atomic mass is 127. The molecule has 0 N–H and O–H groups in total. The fourth-order valence-corrected chi connectivity index (χ4v) is 1.50. The maximum Gasteiger partial charge on any atom is 0.177 e. The van der Waals surface area contributed by atoms with Crippen molar-refractivity contribution in [1.29, 1.82) is 0 Å². The molecule has 0 amide bonds. The van der Waals surface area contributed by atoms with E-state index in [2.05, 4.69) is 0 Å². The van der Waals surface area contributed by atoms with Crippen molar-refractivity contribution < 1.29 is 8.78 Å². The predicted octanol–water partition coefficient (Wildman–Crippen LogP) is 3.22. The van der Waals surface area contributed by atoms with Crippen LogP contribution in [-0.2, 0) is 0 Å². The van der Waals surface area contributed by atoms with Gasteiger partial charge in [0.1, 0.15) is 0 Å². The zero-order valence-electron chi connectivity index (χ0n) is 4.67. The average Bonchev–Trinajstić information content (AvgIpc) is 1.82. The van der Waals surface area contributed by atoms with E-state index in [1.165, 1.54) is 6.07 Å². The summed E-state index contributed by atoms with van der Waals surface area (Å²) in [6, 6.07) is 2.45. The highest BCUT2D eigenvalue weighted by Crippen LogP contribution is 2.20. The topological polar surface area (TPSA) is 0 Å². The lowest BCUT2D eigenvalue weighted by Gasteiger charge is -1.95. The summed E-state index contributed by atoms with van der Waals surface area (Å²) < 4.78 is 25.4. The molecule has 10 heavy (non-hydrogen) atoms. The largest absolute Gasteiger partial charge is 0.204 e. The minimum Gasteiger partial charge on any atom is -0.204 e. The molecule has 0 heterocycles. The van der Waals surface area contributed by atoms with E-state index < -0.39 is 11.6 Å². The first kappa shape index (κ1) is 8.20. The van der Waals surface area contributed by atoms with Gasteiger partial charge in [0.25, 0.3) is 0 Å². The Labute approximate surface area is 75.3 Å². The van der Waals surface area contributed by atoms with Crippen LogP contribution in [0.4, 0.5) is 8.78 Å². The maximum absolute atomic E-state index is 12.4. The summed E-state index contributed by atoms with van der Waals surface area (Å²) in [6.07, 6.45) is 0. The van der Waals surface area contributed by atoms with Crippen LogP contribution in [0, 0.1) is 15.2 Å². The molecule has 0 saturated heterocycles. The lowest BCUT2D eigenvalue weighted by molar-refractivity contribution is 0.508. The van der Waals surface area contributed by atoms with Crippen molar-refractivity contribution in [2.45, 2.75) is 0 Å². The van der Waals surface area contributed by atoms with E-state index >= 15 is 0 Å². The summed E-state index contributed by atoms with van der Waals surface area (Å²) >= 11 is 7.16. The zero-order chi connectivity index (χ0) is 7.72. The fraction of sp³-hybridized carbons (Fsp3) is 0. The van der Waals surface area contributed by atoms with Crippen molar-refractivity contribution >= 4 is 34.2 Å². The smallest absolute Gasteiger partial charge is 0.177 e. The van der Waals surface area contributed by atoms with Crippen LogP contribution in [0.15, 0.2) is 12.1 Å². The summed E-state index contributed by atoms with van der Waals surface area (Å²) in [5.41, 5.74) is 0. The van der Waals surface area contributed by atoms with Gasteiger partial charge in [0.05, 0.1) is 5.02 Å². The quantitative estimate of drug-likeness (QED) is 0.387. The minimum absolute atomic E-state index is 0.176. The molecule has 0 aliphatic rings. The monoisotopic (exact) mass is 274 g/mol. The molecule has 0 unspecified atom stereocenters. The van der Waals surface area contributed by atoms with Crippen molar-refractivity contribution in [3.8, 4) is 0 Å². The minimum atomic E-state index is -0.984. The molecular weight excluding hydrogens is 272 g/mol. The van der Waals surface area contributed by atoms with E-state index in [1.807, 2.05) is 22.6 Å². The third-order valence-electron chi connectivity index (χ3n) is 0.949. The second-order valence-electron chi connectivity index (χ2n) is 1.68. The van der Waals surface area contributed by atoms with E-state index in [0.29, 0.717) is 3.57 Å². The van der Waals surface area contributed by atoms with E-state index in [1.54, 1.807) is 0 Å². The molecular formula is C6H2ClF2I. The predicted molar refractivity (Wildman–Crippen MR) is 44.1 cm³/mol. The summed E-state index contributed by atoms with van der Waals surface area (Å²) in [7, 11) is 0. The molecule has 0 saturated carbocycles. The maximum atomic E-state index is 12.4. The summed E-state index contributed by atoms with van der Waals surface area (Å²) in [4.78, 5) is 0. The van der Waals surface area contributed by atoms with E-state index in [9.17, 15) is 8.78 Å². The first-order chi connectivity index (χ1) is 4.61. The average molecular weight is 274 g/mol. The molecule has 0 fully saturated rings. The second kappa shape index (κ2) is 3.00. The van der Waals surface area contributed by atoms with Crippen LogP contribution in [0.5, 0.6) is 0 Å². The first-order valence-electron chi connectivity index (χ1n) is 2.41. The molecule has 1 aromatic carbocycles. The number of hydrogen-bond donors (Lipinski definition) is 0. The molecule has 0 aliphatic heterocycles. The van der Waals surface area contributed by atoms with Crippen LogP contribution >= 0.6 is 34.2 Å². The van der Waals surface area contributed by atoms with Gasteiger partial charge in [-0.05, 0) is 34.7 Å². The Bertz CT molecular complexity index is 239. The molecule has 0 bridgehead atoms. The van der Waals surface area contributed by atoms with E-state index in [-0.39, 0.29) is 5.02 Å². The number of rotatable bonds is 0. The van der Waals surface area contributed by atoms with Gasteiger partial charge in [-0.15, -0.1) is 0 Å². The third-order valence-corrected chi connectivity index (χ3v) is 1.85. The van der Waals surface area contributed by atoms with Crippen LogP contribution in [0.25, 0.3) is 0 Å². The van der Waals surface area contributed by atoms with Crippen molar-refractivity contribution in [1.82, 2.24) is 0 Å². The van der Waals surface area contributed by atoms with Gasteiger partial charge >= 0.3 is 0 Å². The molecule has 0 atom stereocenters. The van der Waals surface area contributed by atoms with Gasteiger partial charge in [-0.25, -0.2) is 8.78 Å². The second-order valence-corrected chi connectivity index (χ2v) is 3.34. The number of benzene rings is 1. The standard InChI is InChI=1S/C6H2ClF2I/c7-4-1-3(10)2-5(8)6(4)9/h1-2H. The van der Waals surface area contributed by atoms with Crippen molar-refractivity contribution in [2.75, 3.05) is 0 Å². The van der Waals surface area contributed by atoms with Crippen molar-refractivity contribution in [3.05, 3.63) is 32.4 Å². The Hall–Kier alpha value is 0.1000. The summed E-state index contributed by atoms with van der Waals surface area (Å²) in [5.74, 6) is -1.89. The van der Waals surface area contributed by atoms with E-state index in [4.69, 9.17) is 11.6 Å². The molecule has 4 heteroatoms. The Morgan fingerprint density at radius 3 is 2.40 bits per heavy atom. The third kappa shape index (κ3) is 1.58. The molecule has 1 aromatic rings. The lowest BCUT2D eigenvalue weighted by Crippen LogP contribution is -1.85. The molecule has 0 aliphatic carbocycles. The Kier molecular flexibility index (Phi) is 2.46. The van der Waals surface area contributed by atoms with Crippen molar-refractivity contribution in [3.63, 3.8) is 0 Å². The Balaban J connectivity index is 3.31. The highest BCUT2D eigenvalue weighted by molar-refractivity contribution is 14.1. The molecule has 0 aromatic heterocycles. The molecule has 0 spiro atoms. The zero-order valence-corrected chi connectivity index (χ0v) is 7.58. The highest BCUT2D eigenvalue weighted by Gasteiger charge is 2.06. The summed E-state index contributed by atoms with van der Waals surface area (Å²) in [6.45, 7) is 0. The van der Waals surface area contributed by atoms with Gasteiger partial charge < -0.3 is 0 Å². The van der Waals surface area contributed by atoms with Gasteiger partial charge in [-0.3, -0.25) is 0 Å². The molecule has 1 rings (SSSR count). The molecule has 0 nitrogen and oxygen atoms in total. The SMILES string of the molecule is Fc1cc(I)cc(Cl)c1F. The van der Waals surface area contributed by atoms with Gasteiger partial charge in [0.15, 0.2) is 11.6 Å². The van der Waals surface area contributed by atoms with E-state index in [0.717, 1.165) is 6.07 Å². The molecule has 0 radical (unpaired) electrons. The van der Waals surface area contributed by atoms with Crippen LogP contribution < -0.4 is 0 Å². The normalized spacial score (nSPS) is 10.0. The van der Waals surface area contributed by atoms with Crippen LogP contribution in [0.2, 0.25) is 5.02 Å². The number of halogens is 4. The van der Waals surface area contributed by atoms with Gasteiger partial charge in [0.2, 0.25) is 0 Å².